The number of hydrogen-bond donors (Lipinski definition) is 2. The van der Waals surface area contributed by atoms with Crippen LogP contribution in [-0.4, -0.2) is 48.8 Å². The van der Waals surface area contributed by atoms with Crippen LogP contribution in [0.25, 0.3) is 10.9 Å². The van der Waals surface area contributed by atoms with Gasteiger partial charge in [0.05, 0.1) is 12.7 Å². The summed E-state index contributed by atoms with van der Waals surface area (Å²) >= 11 is 1.86. The lowest BCUT2D eigenvalue weighted by atomic mass is 10.0. The Hall–Kier alpha value is -1.66. The van der Waals surface area contributed by atoms with E-state index in [0.717, 1.165) is 34.6 Å². The van der Waals surface area contributed by atoms with Crippen LogP contribution in [0.15, 0.2) is 24.3 Å². The Morgan fingerprint density at radius 2 is 2.27 bits per heavy atom. The second-order valence-electron chi connectivity index (χ2n) is 5.51. The van der Waals surface area contributed by atoms with Crippen LogP contribution in [0.5, 0.6) is 5.75 Å². The third-order valence-electron chi connectivity index (χ3n) is 4.15. The molecule has 2 aromatic rings. The molecule has 1 fully saturated rings. The number of hydrogen-bond acceptors (Lipinski definition) is 4. The number of aromatic nitrogens is 1. The first-order valence-electron chi connectivity index (χ1n) is 7.24. The molecule has 1 amide bonds. The number of carbonyl (C=O) groups excluding carboxylic acids is 1. The Morgan fingerprint density at radius 3 is 2.95 bits per heavy atom. The van der Waals surface area contributed by atoms with Crippen molar-refractivity contribution in [2.75, 3.05) is 32.3 Å². The first-order chi connectivity index (χ1) is 10.7. The van der Waals surface area contributed by atoms with Crippen molar-refractivity contribution >= 4 is 28.6 Å². The highest BCUT2D eigenvalue weighted by Gasteiger charge is 2.34. The van der Waals surface area contributed by atoms with Gasteiger partial charge >= 0.3 is 0 Å². The second kappa shape index (κ2) is 6.22. The first-order valence-corrected chi connectivity index (χ1v) is 8.39. The Labute approximate surface area is 133 Å². The molecule has 0 unspecified atom stereocenters. The van der Waals surface area contributed by atoms with Gasteiger partial charge < -0.3 is 19.8 Å². The molecule has 0 saturated carbocycles. The molecule has 1 aliphatic heterocycles. The summed E-state index contributed by atoms with van der Waals surface area (Å²) in [6.45, 7) is 0.536. The minimum absolute atomic E-state index is 0.108. The number of ether oxygens (including phenoxy) is 2. The minimum atomic E-state index is -0.227. The van der Waals surface area contributed by atoms with E-state index >= 15 is 0 Å². The van der Waals surface area contributed by atoms with E-state index in [9.17, 15) is 4.79 Å². The van der Waals surface area contributed by atoms with Gasteiger partial charge in [0.1, 0.15) is 11.4 Å². The summed E-state index contributed by atoms with van der Waals surface area (Å²) in [5, 5.41) is 3.97. The maximum atomic E-state index is 12.3. The summed E-state index contributed by atoms with van der Waals surface area (Å²) in [7, 11) is 3.34. The lowest BCUT2D eigenvalue weighted by Gasteiger charge is -2.26. The van der Waals surface area contributed by atoms with E-state index in [4.69, 9.17) is 9.47 Å². The van der Waals surface area contributed by atoms with E-state index in [0.29, 0.717) is 12.2 Å². The quantitative estimate of drug-likeness (QED) is 0.888. The largest absolute Gasteiger partial charge is 0.497 e. The molecule has 0 radical (unpaired) electrons. The molecular weight excluding hydrogens is 300 g/mol. The summed E-state index contributed by atoms with van der Waals surface area (Å²) in [6.07, 6.45) is 0.971. The molecule has 1 atom stereocenters. The fourth-order valence-electron chi connectivity index (χ4n) is 2.65. The average Bonchev–Trinajstić information content (AvgIpc) is 3.19. The number of carbonyl (C=O) groups is 1. The molecule has 0 spiro atoms. The first kappa shape index (κ1) is 15.2. The molecule has 22 heavy (non-hydrogen) atoms. The van der Waals surface area contributed by atoms with Crippen LogP contribution in [0.3, 0.4) is 0 Å². The van der Waals surface area contributed by atoms with Crippen LogP contribution in [-0.2, 0) is 4.74 Å². The van der Waals surface area contributed by atoms with Crippen molar-refractivity contribution in [1.82, 2.24) is 10.3 Å². The summed E-state index contributed by atoms with van der Waals surface area (Å²) in [6, 6.07) is 7.56. The molecule has 0 aliphatic carbocycles. The van der Waals surface area contributed by atoms with Gasteiger partial charge in [-0.3, -0.25) is 4.79 Å². The van der Waals surface area contributed by atoms with Gasteiger partial charge in [-0.1, -0.05) is 0 Å². The topological polar surface area (TPSA) is 63.4 Å². The Morgan fingerprint density at radius 1 is 1.41 bits per heavy atom. The van der Waals surface area contributed by atoms with Crippen LogP contribution in [0.1, 0.15) is 16.9 Å². The van der Waals surface area contributed by atoms with E-state index in [1.54, 1.807) is 14.2 Å². The number of fused-ring (bicyclic) bond motifs is 1. The van der Waals surface area contributed by atoms with Gasteiger partial charge in [0.25, 0.3) is 5.91 Å². The number of methoxy groups -OCH3 is 2. The third-order valence-corrected chi connectivity index (χ3v) is 5.37. The highest BCUT2D eigenvalue weighted by Crippen LogP contribution is 2.30. The van der Waals surface area contributed by atoms with Crippen LogP contribution < -0.4 is 10.1 Å². The molecule has 1 saturated heterocycles. The van der Waals surface area contributed by atoms with Crippen molar-refractivity contribution in [3.8, 4) is 5.75 Å². The van der Waals surface area contributed by atoms with Gasteiger partial charge in [-0.2, -0.15) is 11.8 Å². The van der Waals surface area contributed by atoms with Gasteiger partial charge in [-0.15, -0.1) is 0 Å². The van der Waals surface area contributed by atoms with Gasteiger partial charge in [-0.05, 0) is 30.4 Å². The number of benzene rings is 1. The van der Waals surface area contributed by atoms with E-state index in [-0.39, 0.29) is 11.5 Å². The van der Waals surface area contributed by atoms with E-state index < -0.39 is 0 Å². The predicted octanol–water partition coefficient (Wildman–Crippen LogP) is 2.43. The van der Waals surface area contributed by atoms with Crippen molar-refractivity contribution in [2.24, 2.45) is 0 Å². The smallest absolute Gasteiger partial charge is 0.267 e. The van der Waals surface area contributed by atoms with Crippen molar-refractivity contribution in [3.63, 3.8) is 0 Å². The molecule has 118 valence electrons. The predicted molar refractivity (Wildman–Crippen MR) is 88.9 cm³/mol. The third kappa shape index (κ3) is 2.94. The van der Waals surface area contributed by atoms with Gasteiger partial charge in [-0.25, -0.2) is 0 Å². The maximum absolute atomic E-state index is 12.3. The zero-order valence-corrected chi connectivity index (χ0v) is 13.6. The van der Waals surface area contributed by atoms with Crippen molar-refractivity contribution in [2.45, 2.75) is 12.0 Å². The Balaban J connectivity index is 1.72. The number of nitrogens with one attached hydrogen (secondary N) is 2. The molecule has 1 aromatic heterocycles. The summed E-state index contributed by atoms with van der Waals surface area (Å²) in [5.74, 6) is 2.66. The monoisotopic (exact) mass is 320 g/mol. The normalized spacial score (nSPS) is 21.2. The standard InChI is InChI=1S/C16H20N2O3S/c1-20-12-4-3-11-7-14(18-13(11)8-12)15(19)17-9-16(21-2)5-6-22-10-16/h3-4,7-8,18H,5-6,9-10H2,1-2H3,(H,17,19)/t16-/m1/s1. The lowest BCUT2D eigenvalue weighted by molar-refractivity contribution is 0.0137. The number of H-pyrrole nitrogens is 1. The number of amides is 1. The SMILES string of the molecule is COc1ccc2cc(C(=O)NC[C@]3(OC)CCSC3)[nH]c2c1. The second-order valence-corrected chi connectivity index (χ2v) is 6.61. The highest BCUT2D eigenvalue weighted by atomic mass is 32.2. The van der Waals surface area contributed by atoms with Gasteiger partial charge in [0.15, 0.2) is 0 Å². The number of thioether (sulfide) groups is 1. The number of rotatable bonds is 5. The van der Waals surface area contributed by atoms with Crippen molar-refractivity contribution in [3.05, 3.63) is 30.0 Å². The maximum Gasteiger partial charge on any atom is 0.267 e. The van der Waals surface area contributed by atoms with E-state index in [1.165, 1.54) is 0 Å². The molecule has 2 N–H and O–H groups in total. The summed E-state index contributed by atoms with van der Waals surface area (Å²) in [5.41, 5.74) is 1.22. The van der Waals surface area contributed by atoms with E-state index in [1.807, 2.05) is 36.0 Å². The van der Waals surface area contributed by atoms with Crippen molar-refractivity contribution < 1.29 is 14.3 Å². The summed E-state index contributed by atoms with van der Waals surface area (Å²) < 4.78 is 10.8. The molecule has 2 heterocycles. The van der Waals surface area contributed by atoms with Crippen molar-refractivity contribution in [1.29, 1.82) is 0 Å². The molecule has 3 rings (SSSR count). The zero-order chi connectivity index (χ0) is 15.6. The number of aromatic amines is 1. The Bertz CT molecular complexity index is 677. The minimum Gasteiger partial charge on any atom is -0.497 e. The molecule has 6 heteroatoms. The molecular formula is C16H20N2O3S. The van der Waals surface area contributed by atoms with Crippen LogP contribution in [0.2, 0.25) is 0 Å². The van der Waals surface area contributed by atoms with Gasteiger partial charge in [0.2, 0.25) is 0 Å². The fraction of sp³-hybridized carbons (Fsp3) is 0.438. The van der Waals surface area contributed by atoms with E-state index in [2.05, 4.69) is 10.3 Å². The Kier molecular flexibility index (Phi) is 4.31. The summed E-state index contributed by atoms with van der Waals surface area (Å²) in [4.78, 5) is 15.5. The molecule has 1 aromatic carbocycles. The molecule has 5 nitrogen and oxygen atoms in total. The zero-order valence-electron chi connectivity index (χ0n) is 12.8. The van der Waals surface area contributed by atoms with Crippen LogP contribution >= 0.6 is 11.8 Å². The lowest BCUT2D eigenvalue weighted by Crippen LogP contribution is -2.44. The fourth-order valence-corrected chi connectivity index (χ4v) is 4.05. The van der Waals surface area contributed by atoms with Crippen LogP contribution in [0.4, 0.5) is 0 Å². The van der Waals surface area contributed by atoms with Gasteiger partial charge in [0, 0.05) is 36.4 Å². The molecule has 1 aliphatic rings. The molecule has 0 bridgehead atoms. The average molecular weight is 320 g/mol. The highest BCUT2D eigenvalue weighted by molar-refractivity contribution is 7.99. The van der Waals surface area contributed by atoms with Crippen LogP contribution in [0, 0.1) is 0 Å².